The van der Waals surface area contributed by atoms with Crippen molar-refractivity contribution in [1.82, 2.24) is 4.31 Å². The van der Waals surface area contributed by atoms with Crippen molar-refractivity contribution in [3.8, 4) is 0 Å². The SMILES string of the molecule is NS(=O)(=O)N1CCC(c2ccccc2B(O)O)C1. The fourth-order valence-corrected chi connectivity index (χ4v) is 3.08. The zero-order chi connectivity index (χ0) is 13.3. The highest BCUT2D eigenvalue weighted by Crippen LogP contribution is 2.27. The Morgan fingerprint density at radius 2 is 2.00 bits per heavy atom. The van der Waals surface area contributed by atoms with Gasteiger partial charge in [-0.1, -0.05) is 24.3 Å². The topological polar surface area (TPSA) is 104 Å². The molecule has 1 heterocycles. The zero-order valence-corrected chi connectivity index (χ0v) is 10.5. The first kappa shape index (κ1) is 13.5. The number of nitrogens with zero attached hydrogens (tertiary/aromatic N) is 1. The van der Waals surface area contributed by atoms with Crippen LogP contribution < -0.4 is 10.6 Å². The summed E-state index contributed by atoms with van der Waals surface area (Å²) in [5, 5.41) is 23.7. The van der Waals surface area contributed by atoms with E-state index in [1.165, 1.54) is 4.31 Å². The first-order valence-corrected chi connectivity index (χ1v) is 7.12. The van der Waals surface area contributed by atoms with E-state index in [2.05, 4.69) is 0 Å². The molecule has 8 heteroatoms. The van der Waals surface area contributed by atoms with Gasteiger partial charge < -0.3 is 10.0 Å². The predicted molar refractivity (Wildman–Crippen MR) is 68.3 cm³/mol. The van der Waals surface area contributed by atoms with Gasteiger partial charge in [0.1, 0.15) is 0 Å². The number of nitrogens with two attached hydrogens (primary N) is 1. The number of hydrogen-bond donors (Lipinski definition) is 3. The van der Waals surface area contributed by atoms with E-state index in [1.54, 1.807) is 24.3 Å². The van der Waals surface area contributed by atoms with Gasteiger partial charge in [0.25, 0.3) is 10.2 Å². The molecule has 1 aromatic rings. The summed E-state index contributed by atoms with van der Waals surface area (Å²) in [6.45, 7) is 0.641. The van der Waals surface area contributed by atoms with Crippen molar-refractivity contribution in [1.29, 1.82) is 0 Å². The number of rotatable bonds is 3. The second kappa shape index (κ2) is 4.98. The highest BCUT2D eigenvalue weighted by Gasteiger charge is 2.32. The van der Waals surface area contributed by atoms with E-state index in [0.29, 0.717) is 18.4 Å². The minimum absolute atomic E-state index is 0.0543. The fraction of sp³-hybridized carbons (Fsp3) is 0.400. The third kappa shape index (κ3) is 2.73. The molecule has 0 aliphatic carbocycles. The van der Waals surface area contributed by atoms with Crippen molar-refractivity contribution < 1.29 is 18.5 Å². The summed E-state index contributed by atoms with van der Waals surface area (Å²) in [7, 11) is -5.22. The van der Waals surface area contributed by atoms with Crippen LogP contribution in [-0.4, -0.2) is 43.0 Å². The molecule has 18 heavy (non-hydrogen) atoms. The van der Waals surface area contributed by atoms with E-state index < -0.39 is 17.3 Å². The Morgan fingerprint density at radius 1 is 1.33 bits per heavy atom. The Bertz CT molecular complexity index is 534. The van der Waals surface area contributed by atoms with Crippen LogP contribution in [-0.2, 0) is 10.2 Å². The molecule has 0 bridgehead atoms. The molecule has 6 nitrogen and oxygen atoms in total. The van der Waals surface area contributed by atoms with Crippen molar-refractivity contribution in [3.05, 3.63) is 29.8 Å². The van der Waals surface area contributed by atoms with Crippen molar-refractivity contribution in [3.63, 3.8) is 0 Å². The molecule has 1 atom stereocenters. The van der Waals surface area contributed by atoms with Crippen LogP contribution in [0.2, 0.25) is 0 Å². The maximum Gasteiger partial charge on any atom is 0.488 e. The molecule has 0 spiro atoms. The molecule has 1 aliphatic rings. The molecule has 4 N–H and O–H groups in total. The molecule has 2 rings (SSSR count). The Morgan fingerprint density at radius 3 is 2.56 bits per heavy atom. The van der Waals surface area contributed by atoms with E-state index in [1.807, 2.05) is 0 Å². The quantitative estimate of drug-likeness (QED) is 0.573. The summed E-state index contributed by atoms with van der Waals surface area (Å²) >= 11 is 0. The monoisotopic (exact) mass is 270 g/mol. The van der Waals surface area contributed by atoms with Gasteiger partial charge in [0, 0.05) is 13.1 Å². The summed E-state index contributed by atoms with van der Waals surface area (Å²) < 4.78 is 23.7. The highest BCUT2D eigenvalue weighted by atomic mass is 32.2. The second-order valence-electron chi connectivity index (χ2n) is 4.39. The molecule has 0 amide bonds. The van der Waals surface area contributed by atoms with Gasteiger partial charge in [-0.25, -0.2) is 5.14 Å². The fourth-order valence-electron chi connectivity index (χ4n) is 2.33. The van der Waals surface area contributed by atoms with Gasteiger partial charge in [0.15, 0.2) is 0 Å². The summed E-state index contributed by atoms with van der Waals surface area (Å²) in [5.74, 6) is -0.0543. The average molecular weight is 270 g/mol. The lowest BCUT2D eigenvalue weighted by molar-refractivity contribution is 0.425. The van der Waals surface area contributed by atoms with E-state index in [9.17, 15) is 18.5 Å². The molecule has 1 unspecified atom stereocenters. The molecule has 98 valence electrons. The third-order valence-corrected chi connectivity index (χ3v) is 4.28. The Kier molecular flexibility index (Phi) is 3.74. The van der Waals surface area contributed by atoms with Gasteiger partial charge in [-0.2, -0.15) is 12.7 Å². The van der Waals surface area contributed by atoms with Crippen LogP contribution >= 0.6 is 0 Å². The molecule has 0 radical (unpaired) electrons. The lowest BCUT2D eigenvalue weighted by atomic mass is 9.74. The Balaban J connectivity index is 2.25. The van der Waals surface area contributed by atoms with Gasteiger partial charge in [-0.05, 0) is 23.4 Å². The molecular weight excluding hydrogens is 255 g/mol. The van der Waals surface area contributed by atoms with Gasteiger partial charge in [0.2, 0.25) is 0 Å². The van der Waals surface area contributed by atoms with Gasteiger partial charge >= 0.3 is 7.12 Å². The predicted octanol–water partition coefficient (Wildman–Crippen LogP) is -1.64. The third-order valence-electron chi connectivity index (χ3n) is 3.22. The molecule has 1 aromatic carbocycles. The Labute approximate surface area is 106 Å². The maximum atomic E-state index is 11.2. The van der Waals surface area contributed by atoms with Crippen LogP contribution in [0.1, 0.15) is 17.9 Å². The summed E-state index contributed by atoms with van der Waals surface area (Å²) in [4.78, 5) is 0. The summed E-state index contributed by atoms with van der Waals surface area (Å²) in [6, 6.07) is 6.91. The average Bonchev–Trinajstić information content (AvgIpc) is 2.77. The van der Waals surface area contributed by atoms with E-state index in [4.69, 9.17) is 5.14 Å². The highest BCUT2D eigenvalue weighted by molar-refractivity contribution is 7.86. The molecule has 0 aromatic heterocycles. The van der Waals surface area contributed by atoms with Crippen LogP contribution in [0.25, 0.3) is 0 Å². The van der Waals surface area contributed by atoms with E-state index in [0.717, 1.165) is 5.56 Å². The molecule has 1 fully saturated rings. The number of hydrogen-bond acceptors (Lipinski definition) is 4. The minimum atomic E-state index is -3.67. The van der Waals surface area contributed by atoms with Gasteiger partial charge in [-0.15, -0.1) is 0 Å². The maximum absolute atomic E-state index is 11.2. The molecule has 0 saturated carbocycles. The zero-order valence-electron chi connectivity index (χ0n) is 9.73. The van der Waals surface area contributed by atoms with Crippen LogP contribution in [0.4, 0.5) is 0 Å². The molecule has 1 saturated heterocycles. The minimum Gasteiger partial charge on any atom is -0.423 e. The lowest BCUT2D eigenvalue weighted by Crippen LogP contribution is -2.36. The van der Waals surface area contributed by atoms with Crippen molar-refractivity contribution in [2.24, 2.45) is 5.14 Å². The van der Waals surface area contributed by atoms with Crippen molar-refractivity contribution in [2.75, 3.05) is 13.1 Å². The summed E-state index contributed by atoms with van der Waals surface area (Å²) in [5.41, 5.74) is 1.18. The summed E-state index contributed by atoms with van der Waals surface area (Å²) in [6.07, 6.45) is 0.625. The van der Waals surface area contributed by atoms with Crippen LogP contribution in [0.15, 0.2) is 24.3 Å². The van der Waals surface area contributed by atoms with Gasteiger partial charge in [-0.3, -0.25) is 0 Å². The first-order valence-electron chi connectivity index (χ1n) is 5.62. The van der Waals surface area contributed by atoms with Crippen LogP contribution in [0.5, 0.6) is 0 Å². The lowest BCUT2D eigenvalue weighted by Gasteiger charge is -2.16. The second-order valence-corrected chi connectivity index (χ2v) is 5.94. The Hall–Kier alpha value is -0.925. The number of benzene rings is 1. The van der Waals surface area contributed by atoms with E-state index >= 15 is 0 Å². The largest absolute Gasteiger partial charge is 0.488 e. The van der Waals surface area contributed by atoms with Crippen molar-refractivity contribution >= 4 is 22.8 Å². The molecule has 1 aliphatic heterocycles. The first-order chi connectivity index (χ1) is 8.39. The molecular formula is C10H15BN2O4S. The van der Waals surface area contributed by atoms with Crippen LogP contribution in [0.3, 0.4) is 0 Å². The van der Waals surface area contributed by atoms with Crippen LogP contribution in [0, 0.1) is 0 Å². The van der Waals surface area contributed by atoms with E-state index in [-0.39, 0.29) is 12.5 Å². The standard InChI is InChI=1S/C10H15BN2O4S/c12-18(16,17)13-6-5-8(7-13)9-3-1-2-4-10(9)11(14)15/h1-4,8,14-15H,5-7H2,(H2,12,16,17). The smallest absolute Gasteiger partial charge is 0.423 e. The normalized spacial score (nSPS) is 21.2. The van der Waals surface area contributed by atoms with Crippen molar-refractivity contribution in [2.45, 2.75) is 12.3 Å². The van der Waals surface area contributed by atoms with Gasteiger partial charge in [0.05, 0.1) is 0 Å².